The van der Waals surface area contributed by atoms with Crippen LogP contribution in [0.5, 0.6) is 5.75 Å². The Bertz CT molecular complexity index is 1160. The van der Waals surface area contributed by atoms with Gasteiger partial charge in [-0.1, -0.05) is 11.6 Å². The van der Waals surface area contributed by atoms with E-state index in [1.165, 1.54) is 31.3 Å². The predicted molar refractivity (Wildman–Crippen MR) is 142 cm³/mol. The number of aromatic nitrogens is 2. The number of rotatable bonds is 11. The highest BCUT2D eigenvalue weighted by atomic mass is 32.1. The van der Waals surface area contributed by atoms with Gasteiger partial charge in [-0.3, -0.25) is 4.79 Å². The van der Waals surface area contributed by atoms with Crippen LogP contribution in [0, 0.1) is 6.92 Å². The molecule has 1 amide bonds. The first-order valence-electron chi connectivity index (χ1n) is 12.4. The van der Waals surface area contributed by atoms with Crippen molar-refractivity contribution in [3.63, 3.8) is 0 Å². The largest absolute Gasteiger partial charge is 0.497 e. The molecule has 0 spiro atoms. The van der Waals surface area contributed by atoms with E-state index in [2.05, 4.69) is 21.3 Å². The van der Waals surface area contributed by atoms with Gasteiger partial charge in [0, 0.05) is 43.4 Å². The molecule has 0 saturated carbocycles. The Hall–Kier alpha value is -2.90. The van der Waals surface area contributed by atoms with Crippen LogP contribution in [0.4, 0.5) is 0 Å². The maximum Gasteiger partial charge on any atom is 0.253 e. The van der Waals surface area contributed by atoms with Gasteiger partial charge in [-0.2, -0.15) is 0 Å². The highest BCUT2D eigenvalue weighted by molar-refractivity contribution is 7.13. The number of nitrogens with one attached hydrogen (secondary N) is 1. The molecule has 1 aromatic carbocycles. The van der Waals surface area contributed by atoms with Crippen molar-refractivity contribution in [2.24, 2.45) is 0 Å². The Kier molecular flexibility index (Phi) is 8.77. The van der Waals surface area contributed by atoms with Gasteiger partial charge in [0.05, 0.1) is 24.1 Å². The normalized spacial score (nSPS) is 13.5. The maximum atomic E-state index is 13.0. The summed E-state index contributed by atoms with van der Waals surface area (Å²) >= 11 is 1.62. The maximum absolute atomic E-state index is 13.0. The van der Waals surface area contributed by atoms with Gasteiger partial charge in [0.1, 0.15) is 10.8 Å². The number of hydrogen-bond donors (Lipinski definition) is 1. The second kappa shape index (κ2) is 12.2. The summed E-state index contributed by atoms with van der Waals surface area (Å²) in [6, 6.07) is 9.96. The lowest BCUT2D eigenvalue weighted by atomic mass is 9.97. The summed E-state index contributed by atoms with van der Waals surface area (Å²) in [6.07, 6.45) is 9.12. The third-order valence-electron chi connectivity index (χ3n) is 6.57. The molecule has 1 aliphatic rings. The molecule has 0 saturated heterocycles. The average molecular weight is 494 g/mol. The summed E-state index contributed by atoms with van der Waals surface area (Å²) < 4.78 is 12.7. The van der Waals surface area contributed by atoms with Crippen molar-refractivity contribution >= 4 is 17.2 Å². The van der Waals surface area contributed by atoms with Gasteiger partial charge >= 0.3 is 0 Å². The fourth-order valence-corrected chi connectivity index (χ4v) is 5.35. The van der Waals surface area contributed by atoms with Crippen molar-refractivity contribution < 1.29 is 14.3 Å². The molecule has 1 N–H and O–H groups in total. The van der Waals surface area contributed by atoms with Gasteiger partial charge in [-0.15, -0.1) is 11.3 Å². The van der Waals surface area contributed by atoms with Gasteiger partial charge in [-0.25, -0.2) is 4.98 Å². The zero-order valence-electron chi connectivity index (χ0n) is 20.9. The minimum Gasteiger partial charge on any atom is -0.497 e. The molecule has 0 fully saturated rings. The number of allylic oxidation sites excluding steroid dienone is 2. The van der Waals surface area contributed by atoms with E-state index in [0.717, 1.165) is 52.8 Å². The van der Waals surface area contributed by atoms with E-state index in [1.807, 2.05) is 37.3 Å². The molecular formula is C28H35N3O3S. The second-order valence-electron chi connectivity index (χ2n) is 8.91. The van der Waals surface area contributed by atoms with E-state index >= 15 is 0 Å². The van der Waals surface area contributed by atoms with Crippen LogP contribution in [-0.4, -0.2) is 42.8 Å². The van der Waals surface area contributed by atoms with Crippen LogP contribution in [0.2, 0.25) is 0 Å². The lowest BCUT2D eigenvalue weighted by Gasteiger charge is -2.15. The molecule has 2 aromatic heterocycles. The molecule has 35 heavy (non-hydrogen) atoms. The van der Waals surface area contributed by atoms with E-state index in [0.29, 0.717) is 18.7 Å². The van der Waals surface area contributed by atoms with E-state index in [9.17, 15) is 4.79 Å². The number of carbonyl (C=O) groups is 1. The van der Waals surface area contributed by atoms with Crippen molar-refractivity contribution in [3.8, 4) is 27.7 Å². The molecule has 186 valence electrons. The van der Waals surface area contributed by atoms with Crippen molar-refractivity contribution in [1.29, 1.82) is 0 Å². The highest BCUT2D eigenvalue weighted by Gasteiger charge is 2.20. The van der Waals surface area contributed by atoms with Gasteiger partial charge in [0.2, 0.25) is 0 Å². The monoisotopic (exact) mass is 493 g/mol. The number of benzene rings is 1. The van der Waals surface area contributed by atoms with E-state index < -0.39 is 0 Å². The summed E-state index contributed by atoms with van der Waals surface area (Å²) in [6.45, 7) is 4.12. The summed E-state index contributed by atoms with van der Waals surface area (Å²) in [7, 11) is 3.34. The molecule has 6 nitrogen and oxygen atoms in total. The smallest absolute Gasteiger partial charge is 0.253 e. The molecular weight excluding hydrogens is 458 g/mol. The summed E-state index contributed by atoms with van der Waals surface area (Å²) in [5.41, 5.74) is 6.18. The Morgan fingerprint density at radius 1 is 1.20 bits per heavy atom. The standard InChI is InChI=1S/C28H35N3O3S/c1-20-24(27(32)29-15-7-17-33-2)18-26(31(20)16-14-21-8-5-4-6-9-21)25-19-35-28(30-25)22-10-12-23(34-3)13-11-22/h8,10-13,18-19H,4-7,9,14-17H2,1-3H3,(H,29,32). The fraction of sp³-hybridized carbons (Fsp3) is 0.429. The van der Waals surface area contributed by atoms with Crippen LogP contribution in [0.25, 0.3) is 22.0 Å². The van der Waals surface area contributed by atoms with Crippen LogP contribution in [0.3, 0.4) is 0 Å². The van der Waals surface area contributed by atoms with Crippen molar-refractivity contribution in [1.82, 2.24) is 14.9 Å². The van der Waals surface area contributed by atoms with Crippen LogP contribution in [0.1, 0.15) is 54.6 Å². The molecule has 3 aromatic rings. The molecule has 0 aliphatic heterocycles. The first-order valence-corrected chi connectivity index (χ1v) is 13.2. The topological polar surface area (TPSA) is 65.4 Å². The zero-order chi connectivity index (χ0) is 24.6. The molecule has 4 rings (SSSR count). The van der Waals surface area contributed by atoms with E-state index in [1.54, 1.807) is 25.6 Å². The predicted octanol–water partition coefficient (Wildman–Crippen LogP) is 6.25. The minimum atomic E-state index is -0.0407. The van der Waals surface area contributed by atoms with E-state index in [-0.39, 0.29) is 5.91 Å². The van der Waals surface area contributed by atoms with Crippen LogP contribution >= 0.6 is 11.3 Å². The molecule has 2 heterocycles. The third-order valence-corrected chi connectivity index (χ3v) is 7.46. The molecule has 7 heteroatoms. The first kappa shape index (κ1) is 25.2. The van der Waals surface area contributed by atoms with Crippen LogP contribution in [0.15, 0.2) is 47.4 Å². The summed E-state index contributed by atoms with van der Waals surface area (Å²) in [4.78, 5) is 18.0. The summed E-state index contributed by atoms with van der Waals surface area (Å²) in [5, 5.41) is 6.08. The summed E-state index contributed by atoms with van der Waals surface area (Å²) in [5.74, 6) is 0.786. The molecule has 0 atom stereocenters. The number of carbonyl (C=O) groups excluding carboxylic acids is 1. The molecule has 1 aliphatic carbocycles. The molecule has 0 unspecified atom stereocenters. The van der Waals surface area contributed by atoms with Crippen LogP contribution in [-0.2, 0) is 11.3 Å². The van der Waals surface area contributed by atoms with E-state index in [4.69, 9.17) is 14.5 Å². The Morgan fingerprint density at radius 3 is 2.74 bits per heavy atom. The lowest BCUT2D eigenvalue weighted by Crippen LogP contribution is -2.25. The molecule has 0 bridgehead atoms. The third kappa shape index (κ3) is 6.21. The van der Waals surface area contributed by atoms with Crippen molar-refractivity contribution in [2.75, 3.05) is 27.4 Å². The SMILES string of the molecule is COCCCNC(=O)c1cc(-c2csc(-c3ccc(OC)cc3)n2)n(CCC2=CCCCC2)c1C. The second-order valence-corrected chi connectivity index (χ2v) is 9.77. The lowest BCUT2D eigenvalue weighted by molar-refractivity contribution is 0.0948. The number of thiazole rings is 1. The van der Waals surface area contributed by atoms with Gasteiger partial charge in [0.25, 0.3) is 5.91 Å². The van der Waals surface area contributed by atoms with Crippen molar-refractivity contribution in [2.45, 2.75) is 52.0 Å². The van der Waals surface area contributed by atoms with Gasteiger partial charge in [0.15, 0.2) is 0 Å². The van der Waals surface area contributed by atoms with Gasteiger partial charge < -0.3 is 19.4 Å². The van der Waals surface area contributed by atoms with Crippen LogP contribution < -0.4 is 10.1 Å². The Morgan fingerprint density at radius 2 is 2.03 bits per heavy atom. The average Bonchev–Trinajstić information content (AvgIpc) is 3.51. The molecule has 0 radical (unpaired) electrons. The quantitative estimate of drug-likeness (QED) is 0.253. The Balaban J connectivity index is 1.61. The van der Waals surface area contributed by atoms with Gasteiger partial charge in [-0.05, 0) is 75.8 Å². The first-order chi connectivity index (χ1) is 17.1. The minimum absolute atomic E-state index is 0.0407. The fourth-order valence-electron chi connectivity index (χ4n) is 4.53. The number of hydrogen-bond acceptors (Lipinski definition) is 5. The highest BCUT2D eigenvalue weighted by Crippen LogP contribution is 2.33. The number of nitrogens with zero attached hydrogens (tertiary/aromatic N) is 2. The van der Waals surface area contributed by atoms with Crippen molar-refractivity contribution in [3.05, 3.63) is 58.6 Å². The number of methoxy groups -OCH3 is 2. The Labute approximate surface area is 212 Å². The zero-order valence-corrected chi connectivity index (χ0v) is 21.7. The number of ether oxygens (including phenoxy) is 2. The number of amides is 1.